The summed E-state index contributed by atoms with van der Waals surface area (Å²) in [6.07, 6.45) is 0. The van der Waals surface area contributed by atoms with E-state index in [1.807, 2.05) is 13.0 Å². The molecule has 3 N–H and O–H groups in total. The summed E-state index contributed by atoms with van der Waals surface area (Å²) in [5, 5.41) is 5.74. The first-order valence-electron chi connectivity index (χ1n) is 10.5. The number of anilines is 4. The lowest BCUT2D eigenvalue weighted by molar-refractivity contribution is -0.114. The number of rotatable bonds is 8. The predicted octanol–water partition coefficient (Wildman–Crippen LogP) is 4.53. The summed E-state index contributed by atoms with van der Waals surface area (Å²) in [7, 11) is -3.98. The van der Waals surface area contributed by atoms with Crippen molar-refractivity contribution in [1.29, 1.82) is 0 Å². The van der Waals surface area contributed by atoms with E-state index in [1.54, 1.807) is 42.5 Å². The summed E-state index contributed by atoms with van der Waals surface area (Å²) in [4.78, 5) is 20.3. The summed E-state index contributed by atoms with van der Waals surface area (Å²) in [5.41, 5.74) is 2.33. The van der Waals surface area contributed by atoms with Crippen molar-refractivity contribution in [3.63, 3.8) is 0 Å². The molecule has 34 heavy (non-hydrogen) atoms. The van der Waals surface area contributed by atoms with Gasteiger partial charge >= 0.3 is 0 Å². The maximum atomic E-state index is 13.1. The first kappa shape index (κ1) is 23.0. The summed E-state index contributed by atoms with van der Waals surface area (Å²) >= 11 is 0. The predicted molar refractivity (Wildman–Crippen MR) is 132 cm³/mol. The molecular formula is C24H23N5O4S. The van der Waals surface area contributed by atoms with Gasteiger partial charge in [-0.05, 0) is 67.6 Å². The van der Waals surface area contributed by atoms with E-state index in [0.29, 0.717) is 29.0 Å². The zero-order valence-electron chi connectivity index (χ0n) is 18.6. The molecule has 0 aliphatic heterocycles. The first-order valence-corrected chi connectivity index (χ1v) is 12.0. The highest BCUT2D eigenvalue weighted by Gasteiger charge is 2.19. The van der Waals surface area contributed by atoms with E-state index in [9.17, 15) is 13.2 Å². The highest BCUT2D eigenvalue weighted by molar-refractivity contribution is 7.92. The number of fused-ring (bicyclic) bond motifs is 1. The normalized spacial score (nSPS) is 11.1. The van der Waals surface area contributed by atoms with Crippen LogP contribution in [0.25, 0.3) is 11.0 Å². The fourth-order valence-corrected chi connectivity index (χ4v) is 4.21. The average Bonchev–Trinajstić information content (AvgIpc) is 2.81. The fraction of sp³-hybridized carbons (Fsp3) is 0.125. The molecule has 0 fully saturated rings. The van der Waals surface area contributed by atoms with Crippen molar-refractivity contribution in [1.82, 2.24) is 9.97 Å². The Bertz CT molecular complexity index is 1420. The fourth-order valence-electron chi connectivity index (χ4n) is 3.20. The van der Waals surface area contributed by atoms with E-state index in [1.165, 1.54) is 31.2 Å². The molecule has 0 unspecified atom stereocenters. The zero-order chi connectivity index (χ0) is 24.1. The second kappa shape index (κ2) is 9.75. The van der Waals surface area contributed by atoms with Crippen LogP contribution in [0.15, 0.2) is 77.7 Å². The van der Waals surface area contributed by atoms with Crippen molar-refractivity contribution in [2.45, 2.75) is 18.7 Å². The molecule has 4 aromatic rings. The van der Waals surface area contributed by atoms with Gasteiger partial charge in [0.2, 0.25) is 5.91 Å². The second-order valence-electron chi connectivity index (χ2n) is 7.30. The van der Waals surface area contributed by atoms with Gasteiger partial charge in [-0.15, -0.1) is 0 Å². The molecule has 1 amide bonds. The van der Waals surface area contributed by atoms with E-state index < -0.39 is 10.0 Å². The van der Waals surface area contributed by atoms with Gasteiger partial charge in [0.1, 0.15) is 5.75 Å². The number of sulfonamides is 1. The van der Waals surface area contributed by atoms with Gasteiger partial charge in [0.05, 0.1) is 22.5 Å². The number of nitrogens with zero attached hydrogens (tertiary/aromatic N) is 2. The number of ether oxygens (including phenoxy) is 1. The molecule has 174 valence electrons. The number of amides is 1. The van der Waals surface area contributed by atoms with Crippen molar-refractivity contribution in [3.8, 4) is 5.75 Å². The topological polar surface area (TPSA) is 122 Å². The van der Waals surface area contributed by atoms with Crippen LogP contribution in [0.5, 0.6) is 5.75 Å². The number of aromatic nitrogens is 2. The molecule has 4 rings (SSSR count). The maximum absolute atomic E-state index is 13.1. The molecular weight excluding hydrogens is 454 g/mol. The number of benzene rings is 3. The van der Waals surface area contributed by atoms with Crippen LogP contribution in [0.3, 0.4) is 0 Å². The second-order valence-corrected chi connectivity index (χ2v) is 8.99. The van der Waals surface area contributed by atoms with E-state index in [2.05, 4.69) is 25.3 Å². The van der Waals surface area contributed by atoms with Crippen LogP contribution >= 0.6 is 0 Å². The molecule has 0 aliphatic carbocycles. The monoisotopic (exact) mass is 477 g/mol. The standard InChI is InChI=1S/C24H23N5O4S/c1-3-33-19-12-8-18(9-13-19)26-23-24(28-22-7-5-4-6-21(22)27-23)29-34(31,32)20-14-10-17(11-15-20)25-16(2)30/h4-15H,3H2,1-2H3,(H,25,30)(H,26,27)(H,28,29). The van der Waals surface area contributed by atoms with Gasteiger partial charge in [-0.1, -0.05) is 12.1 Å². The highest BCUT2D eigenvalue weighted by Crippen LogP contribution is 2.28. The summed E-state index contributed by atoms with van der Waals surface area (Å²) < 4.78 is 34.2. The highest BCUT2D eigenvalue weighted by atomic mass is 32.2. The van der Waals surface area contributed by atoms with Crippen LogP contribution in [0.4, 0.5) is 23.0 Å². The minimum Gasteiger partial charge on any atom is -0.494 e. The van der Waals surface area contributed by atoms with Gasteiger partial charge in [-0.3, -0.25) is 9.52 Å². The average molecular weight is 478 g/mol. The Hall–Kier alpha value is -4.18. The Kier molecular flexibility index (Phi) is 6.60. The van der Waals surface area contributed by atoms with Crippen molar-refractivity contribution >= 4 is 50.0 Å². The van der Waals surface area contributed by atoms with Gasteiger partial charge in [-0.2, -0.15) is 0 Å². The Morgan fingerprint density at radius 2 is 1.44 bits per heavy atom. The molecule has 0 atom stereocenters. The molecule has 3 aromatic carbocycles. The van der Waals surface area contributed by atoms with Crippen LogP contribution in [-0.2, 0) is 14.8 Å². The Morgan fingerprint density at radius 3 is 2.03 bits per heavy atom. The first-order chi connectivity index (χ1) is 16.3. The van der Waals surface area contributed by atoms with Crippen LogP contribution in [0.2, 0.25) is 0 Å². The molecule has 0 radical (unpaired) electrons. The molecule has 10 heteroatoms. The summed E-state index contributed by atoms with van der Waals surface area (Å²) in [5.74, 6) is 0.784. The molecule has 0 aliphatic rings. The quantitative estimate of drug-likeness (QED) is 0.341. The third kappa shape index (κ3) is 5.41. The Morgan fingerprint density at radius 1 is 0.853 bits per heavy atom. The lowest BCUT2D eigenvalue weighted by atomic mass is 10.3. The maximum Gasteiger partial charge on any atom is 0.263 e. The van der Waals surface area contributed by atoms with Gasteiger partial charge < -0.3 is 15.4 Å². The van der Waals surface area contributed by atoms with E-state index >= 15 is 0 Å². The van der Waals surface area contributed by atoms with Gasteiger partial charge in [0.15, 0.2) is 11.6 Å². The molecule has 0 saturated carbocycles. The minimum absolute atomic E-state index is 0.0172. The number of para-hydroxylation sites is 2. The third-order valence-corrected chi connectivity index (χ3v) is 6.07. The van der Waals surface area contributed by atoms with Gasteiger partial charge in [0, 0.05) is 18.3 Å². The van der Waals surface area contributed by atoms with Crippen LogP contribution in [0.1, 0.15) is 13.8 Å². The van der Waals surface area contributed by atoms with Crippen molar-refractivity contribution in [2.75, 3.05) is 22.0 Å². The zero-order valence-corrected chi connectivity index (χ0v) is 19.4. The SMILES string of the molecule is CCOc1ccc(Nc2nc3ccccc3nc2NS(=O)(=O)c2ccc(NC(C)=O)cc2)cc1. The smallest absolute Gasteiger partial charge is 0.263 e. The molecule has 1 aromatic heterocycles. The molecule has 0 bridgehead atoms. The van der Waals surface area contributed by atoms with Gasteiger partial charge in [-0.25, -0.2) is 18.4 Å². The molecule has 0 spiro atoms. The summed E-state index contributed by atoms with van der Waals surface area (Å²) in [6.45, 7) is 3.84. The lowest BCUT2D eigenvalue weighted by Gasteiger charge is -2.14. The number of carbonyl (C=O) groups is 1. The molecule has 1 heterocycles. The van der Waals surface area contributed by atoms with Crippen molar-refractivity contribution in [2.24, 2.45) is 0 Å². The van der Waals surface area contributed by atoms with Crippen molar-refractivity contribution < 1.29 is 17.9 Å². The van der Waals surface area contributed by atoms with Crippen LogP contribution in [0, 0.1) is 0 Å². The minimum atomic E-state index is -3.98. The number of hydrogen-bond acceptors (Lipinski definition) is 7. The van der Waals surface area contributed by atoms with Crippen LogP contribution in [-0.4, -0.2) is 30.9 Å². The number of nitrogens with one attached hydrogen (secondary N) is 3. The van der Waals surface area contributed by atoms with Crippen molar-refractivity contribution in [3.05, 3.63) is 72.8 Å². The lowest BCUT2D eigenvalue weighted by Crippen LogP contribution is -2.16. The van der Waals surface area contributed by atoms with E-state index in [0.717, 1.165) is 5.75 Å². The Labute approximate surface area is 197 Å². The van der Waals surface area contributed by atoms with E-state index in [-0.39, 0.29) is 22.4 Å². The van der Waals surface area contributed by atoms with Gasteiger partial charge in [0.25, 0.3) is 10.0 Å². The Balaban J connectivity index is 1.67. The molecule has 0 saturated heterocycles. The number of hydrogen-bond donors (Lipinski definition) is 3. The largest absolute Gasteiger partial charge is 0.494 e. The molecule has 9 nitrogen and oxygen atoms in total. The number of carbonyl (C=O) groups excluding carboxylic acids is 1. The van der Waals surface area contributed by atoms with E-state index in [4.69, 9.17) is 4.74 Å². The third-order valence-electron chi connectivity index (χ3n) is 4.71. The summed E-state index contributed by atoms with van der Waals surface area (Å²) in [6, 6.07) is 20.2. The van der Waals surface area contributed by atoms with Crippen LogP contribution < -0.4 is 20.1 Å².